The SMILES string of the molecule is [B]C1=CC(F)[C@H]1N1C[C@H](CNC(C)=O)OC1=O. The van der Waals surface area contributed by atoms with Crippen molar-refractivity contribution in [1.82, 2.24) is 10.2 Å². The average molecular weight is 238 g/mol. The fourth-order valence-corrected chi connectivity index (χ4v) is 1.92. The van der Waals surface area contributed by atoms with Crippen molar-refractivity contribution in [3.05, 3.63) is 11.5 Å². The highest BCUT2D eigenvalue weighted by molar-refractivity contribution is 6.23. The zero-order valence-corrected chi connectivity index (χ0v) is 9.35. The Morgan fingerprint density at radius 3 is 3.00 bits per heavy atom. The molecule has 3 atom stereocenters. The number of ether oxygens (including phenoxy) is 1. The van der Waals surface area contributed by atoms with E-state index in [1.165, 1.54) is 17.9 Å². The highest BCUT2D eigenvalue weighted by Gasteiger charge is 2.43. The third-order valence-electron chi connectivity index (χ3n) is 2.81. The molecule has 2 radical (unpaired) electrons. The van der Waals surface area contributed by atoms with Crippen molar-refractivity contribution in [2.45, 2.75) is 25.2 Å². The molecule has 0 spiro atoms. The first-order valence-corrected chi connectivity index (χ1v) is 5.32. The van der Waals surface area contributed by atoms with E-state index < -0.39 is 24.4 Å². The van der Waals surface area contributed by atoms with Gasteiger partial charge in [-0.1, -0.05) is 11.5 Å². The second-order valence-electron chi connectivity index (χ2n) is 4.15. The second kappa shape index (κ2) is 4.39. The Balaban J connectivity index is 1.92. The lowest BCUT2D eigenvalue weighted by Crippen LogP contribution is -2.49. The number of rotatable bonds is 3. The number of halogens is 1. The summed E-state index contributed by atoms with van der Waals surface area (Å²) in [7, 11) is 5.52. The van der Waals surface area contributed by atoms with Crippen molar-refractivity contribution >= 4 is 19.8 Å². The molecule has 2 aliphatic rings. The molecule has 7 heteroatoms. The molecule has 1 N–H and O–H groups in total. The van der Waals surface area contributed by atoms with E-state index in [2.05, 4.69) is 5.32 Å². The van der Waals surface area contributed by atoms with Crippen LogP contribution < -0.4 is 5.32 Å². The lowest BCUT2D eigenvalue weighted by atomic mass is 9.76. The van der Waals surface area contributed by atoms with Crippen molar-refractivity contribution in [3.63, 3.8) is 0 Å². The first-order valence-electron chi connectivity index (χ1n) is 5.32. The standard InChI is InChI=1S/C10H12BFN2O3/c1-5(15)13-3-6-4-14(10(16)17-6)9-7(11)2-8(9)12/h2,6,8-9H,3-4H2,1H3,(H,13,15)/t6-,8?,9-/m0/s1. The maximum atomic E-state index is 13.2. The van der Waals surface area contributed by atoms with Crippen molar-refractivity contribution in [3.8, 4) is 0 Å². The summed E-state index contributed by atoms with van der Waals surface area (Å²) in [5.41, 5.74) is 0.342. The minimum Gasteiger partial charge on any atom is -0.442 e. The Bertz CT molecular complexity index is 388. The summed E-state index contributed by atoms with van der Waals surface area (Å²) in [6.07, 6.45) is -1.02. The molecule has 1 fully saturated rings. The third-order valence-corrected chi connectivity index (χ3v) is 2.81. The minimum atomic E-state index is -1.23. The molecule has 17 heavy (non-hydrogen) atoms. The van der Waals surface area contributed by atoms with Crippen LogP contribution in [0.15, 0.2) is 11.5 Å². The number of hydrogen-bond acceptors (Lipinski definition) is 3. The van der Waals surface area contributed by atoms with Crippen molar-refractivity contribution in [1.29, 1.82) is 0 Å². The van der Waals surface area contributed by atoms with E-state index in [0.29, 0.717) is 5.47 Å². The van der Waals surface area contributed by atoms with E-state index in [1.54, 1.807) is 0 Å². The summed E-state index contributed by atoms with van der Waals surface area (Å²) in [6, 6.07) is -0.718. The summed E-state index contributed by atoms with van der Waals surface area (Å²) in [5, 5.41) is 2.54. The van der Waals surface area contributed by atoms with E-state index in [0.717, 1.165) is 0 Å². The van der Waals surface area contributed by atoms with E-state index in [-0.39, 0.29) is 19.0 Å². The van der Waals surface area contributed by atoms with Crippen LogP contribution in [0.25, 0.3) is 0 Å². The fourth-order valence-electron chi connectivity index (χ4n) is 1.92. The number of nitrogens with zero attached hydrogens (tertiary/aromatic N) is 1. The van der Waals surface area contributed by atoms with Gasteiger partial charge >= 0.3 is 6.09 Å². The van der Waals surface area contributed by atoms with Gasteiger partial charge in [0.25, 0.3) is 0 Å². The third kappa shape index (κ3) is 2.27. The summed E-state index contributed by atoms with van der Waals surface area (Å²) in [5.74, 6) is -0.203. The summed E-state index contributed by atoms with van der Waals surface area (Å²) in [4.78, 5) is 23.5. The molecule has 0 aromatic rings. The number of carbonyl (C=O) groups is 2. The van der Waals surface area contributed by atoms with Gasteiger partial charge in [0, 0.05) is 6.92 Å². The number of cyclic esters (lactones) is 1. The molecule has 1 aliphatic carbocycles. The lowest BCUT2D eigenvalue weighted by molar-refractivity contribution is -0.119. The van der Waals surface area contributed by atoms with Gasteiger partial charge in [-0.2, -0.15) is 0 Å². The van der Waals surface area contributed by atoms with Gasteiger partial charge in [0.2, 0.25) is 5.91 Å². The van der Waals surface area contributed by atoms with Crippen LogP contribution in [-0.4, -0.2) is 56.2 Å². The minimum absolute atomic E-state index is 0.203. The van der Waals surface area contributed by atoms with Crippen molar-refractivity contribution < 1.29 is 18.7 Å². The Morgan fingerprint density at radius 1 is 1.76 bits per heavy atom. The molecule has 1 aliphatic heterocycles. The average Bonchev–Trinajstić information content (AvgIpc) is 2.57. The second-order valence-corrected chi connectivity index (χ2v) is 4.15. The molecule has 0 bridgehead atoms. The van der Waals surface area contributed by atoms with Crippen molar-refractivity contribution in [2.75, 3.05) is 13.1 Å². The maximum absolute atomic E-state index is 13.2. The van der Waals surface area contributed by atoms with Gasteiger partial charge in [-0.3, -0.25) is 9.69 Å². The maximum Gasteiger partial charge on any atom is 0.410 e. The summed E-state index contributed by atoms with van der Waals surface area (Å²) < 4.78 is 18.2. The van der Waals surface area contributed by atoms with Gasteiger partial charge in [0.05, 0.1) is 19.1 Å². The van der Waals surface area contributed by atoms with Crippen molar-refractivity contribution in [2.24, 2.45) is 0 Å². The summed E-state index contributed by atoms with van der Waals surface area (Å²) in [6.45, 7) is 1.84. The normalized spacial score (nSPS) is 31.6. The van der Waals surface area contributed by atoms with Gasteiger partial charge in [-0.25, -0.2) is 9.18 Å². The van der Waals surface area contributed by atoms with Crippen LogP contribution in [0.2, 0.25) is 0 Å². The number of amides is 2. The van der Waals surface area contributed by atoms with Crippen LogP contribution >= 0.6 is 0 Å². The van der Waals surface area contributed by atoms with Crippen LogP contribution in [0.5, 0.6) is 0 Å². The van der Waals surface area contributed by atoms with Gasteiger partial charge in [0.1, 0.15) is 20.1 Å². The summed E-state index contributed by atoms with van der Waals surface area (Å²) >= 11 is 0. The monoisotopic (exact) mass is 238 g/mol. The van der Waals surface area contributed by atoms with E-state index in [1.807, 2.05) is 0 Å². The van der Waals surface area contributed by atoms with Gasteiger partial charge in [-0.05, 0) is 0 Å². The van der Waals surface area contributed by atoms with Gasteiger partial charge < -0.3 is 10.1 Å². The van der Waals surface area contributed by atoms with Gasteiger partial charge in [0.15, 0.2) is 0 Å². The largest absolute Gasteiger partial charge is 0.442 e. The highest BCUT2D eigenvalue weighted by atomic mass is 19.1. The topological polar surface area (TPSA) is 58.6 Å². The molecule has 2 amide bonds. The zero-order valence-electron chi connectivity index (χ0n) is 9.35. The van der Waals surface area contributed by atoms with Crippen LogP contribution in [0, 0.1) is 0 Å². The first kappa shape index (κ1) is 11.9. The molecule has 0 saturated carbocycles. The van der Waals surface area contributed by atoms with Crippen LogP contribution in [0.1, 0.15) is 6.92 Å². The molecule has 2 rings (SSSR count). The Hall–Kier alpha value is -1.53. The van der Waals surface area contributed by atoms with E-state index >= 15 is 0 Å². The predicted molar refractivity (Wildman–Crippen MR) is 58.2 cm³/mol. The van der Waals surface area contributed by atoms with Crippen LogP contribution in [-0.2, 0) is 9.53 Å². The number of alkyl halides is 1. The van der Waals surface area contributed by atoms with Gasteiger partial charge in [-0.15, -0.1) is 0 Å². The molecule has 0 aromatic heterocycles. The number of hydrogen-bond donors (Lipinski definition) is 1. The first-order chi connectivity index (χ1) is 7.99. The Morgan fingerprint density at radius 2 is 2.47 bits per heavy atom. The molecular formula is C10H12BFN2O3. The fraction of sp³-hybridized carbons (Fsp3) is 0.600. The predicted octanol–water partition coefficient (Wildman–Crippen LogP) is -0.284. The number of nitrogens with one attached hydrogen (secondary N) is 1. The number of carbonyl (C=O) groups excluding carboxylic acids is 2. The van der Waals surface area contributed by atoms with E-state index in [9.17, 15) is 14.0 Å². The Labute approximate surface area is 99.4 Å². The van der Waals surface area contributed by atoms with Crippen LogP contribution in [0.3, 0.4) is 0 Å². The van der Waals surface area contributed by atoms with E-state index in [4.69, 9.17) is 12.6 Å². The molecule has 1 saturated heterocycles. The molecule has 1 unspecified atom stereocenters. The molecule has 0 aromatic carbocycles. The lowest BCUT2D eigenvalue weighted by Gasteiger charge is -2.35. The zero-order chi connectivity index (χ0) is 12.6. The molecular weight excluding hydrogens is 226 g/mol. The molecule has 5 nitrogen and oxygen atoms in total. The van der Waals surface area contributed by atoms with Crippen LogP contribution in [0.4, 0.5) is 9.18 Å². The molecule has 1 heterocycles. The highest BCUT2D eigenvalue weighted by Crippen LogP contribution is 2.29. The molecule has 90 valence electrons. The quantitative estimate of drug-likeness (QED) is 0.687. The Kier molecular flexibility index (Phi) is 3.08. The smallest absolute Gasteiger partial charge is 0.410 e.